The summed E-state index contributed by atoms with van der Waals surface area (Å²) in [6.07, 6.45) is 0.335. The molecular weight excluding hydrogens is 224 g/mol. The number of carbonyl (C=O) groups excluding carboxylic acids is 1. The molecule has 2 aromatic heterocycles. The van der Waals surface area contributed by atoms with Crippen LogP contribution in [0, 0.1) is 5.92 Å². The minimum atomic E-state index is -0.642. The molecule has 0 atom stereocenters. The van der Waals surface area contributed by atoms with Crippen molar-refractivity contribution in [3.8, 4) is 0 Å². The van der Waals surface area contributed by atoms with E-state index in [1.807, 2.05) is 13.8 Å². The number of hydrogen-bond donors (Lipinski definition) is 3. The van der Waals surface area contributed by atoms with E-state index in [0.29, 0.717) is 6.42 Å². The van der Waals surface area contributed by atoms with Gasteiger partial charge in [0.05, 0.1) is 0 Å². The number of nitrogens with one attached hydrogen (secondary N) is 3. The number of aromatic nitrogens is 4. The molecule has 0 saturated heterocycles. The van der Waals surface area contributed by atoms with Crippen LogP contribution in [0.3, 0.4) is 0 Å². The van der Waals surface area contributed by atoms with Gasteiger partial charge in [0.15, 0.2) is 17.3 Å². The SMILES string of the molecule is CC(C)CC(=O)c1nc2[nH]c(=O)[nH]c(=O)c2[nH]1. The summed E-state index contributed by atoms with van der Waals surface area (Å²) < 4.78 is 0. The largest absolute Gasteiger partial charge is 0.330 e. The molecule has 0 aliphatic heterocycles. The Bertz CT molecular complexity index is 677. The smallest absolute Gasteiger partial charge is 0.327 e. The van der Waals surface area contributed by atoms with Crippen molar-refractivity contribution in [3.05, 3.63) is 26.7 Å². The second-order valence-electron chi connectivity index (χ2n) is 4.24. The molecule has 0 aromatic carbocycles. The summed E-state index contributed by atoms with van der Waals surface area (Å²) in [5.74, 6) is 0.116. The van der Waals surface area contributed by atoms with Crippen LogP contribution in [0.15, 0.2) is 9.59 Å². The maximum atomic E-state index is 11.7. The molecule has 0 unspecified atom stereocenters. The van der Waals surface area contributed by atoms with Crippen LogP contribution in [0.5, 0.6) is 0 Å². The van der Waals surface area contributed by atoms with Gasteiger partial charge in [-0.05, 0) is 5.92 Å². The fourth-order valence-electron chi connectivity index (χ4n) is 1.53. The minimum Gasteiger partial charge on any atom is -0.330 e. The molecule has 2 aromatic rings. The highest BCUT2D eigenvalue weighted by Gasteiger charge is 2.14. The molecule has 7 nitrogen and oxygen atoms in total. The number of aromatic amines is 3. The first-order valence-corrected chi connectivity index (χ1v) is 5.23. The van der Waals surface area contributed by atoms with Gasteiger partial charge in [0.1, 0.15) is 5.52 Å². The summed E-state index contributed by atoms with van der Waals surface area (Å²) >= 11 is 0. The molecule has 0 amide bonds. The Hall–Kier alpha value is -2.18. The molecule has 0 bridgehead atoms. The zero-order valence-electron chi connectivity index (χ0n) is 9.46. The Morgan fingerprint density at radius 1 is 1.24 bits per heavy atom. The van der Waals surface area contributed by atoms with E-state index in [9.17, 15) is 14.4 Å². The molecule has 7 heteroatoms. The normalized spacial score (nSPS) is 11.2. The van der Waals surface area contributed by atoms with Gasteiger partial charge in [0.25, 0.3) is 5.56 Å². The predicted octanol–water partition coefficient (Wildman–Crippen LogP) is 0.168. The van der Waals surface area contributed by atoms with E-state index >= 15 is 0 Å². The van der Waals surface area contributed by atoms with Gasteiger partial charge in [-0.15, -0.1) is 0 Å². The van der Waals surface area contributed by atoms with Crippen LogP contribution in [0.4, 0.5) is 0 Å². The highest BCUT2D eigenvalue weighted by molar-refractivity contribution is 5.95. The van der Waals surface area contributed by atoms with Gasteiger partial charge in [0, 0.05) is 6.42 Å². The van der Waals surface area contributed by atoms with Crippen molar-refractivity contribution in [3.63, 3.8) is 0 Å². The number of rotatable bonds is 3. The van der Waals surface area contributed by atoms with Crippen molar-refractivity contribution in [2.75, 3.05) is 0 Å². The molecule has 0 radical (unpaired) electrons. The lowest BCUT2D eigenvalue weighted by atomic mass is 10.1. The molecule has 0 aliphatic carbocycles. The average molecular weight is 236 g/mol. The lowest BCUT2D eigenvalue weighted by molar-refractivity contribution is 0.0959. The number of ketones is 1. The van der Waals surface area contributed by atoms with Crippen molar-refractivity contribution < 1.29 is 4.79 Å². The Kier molecular flexibility index (Phi) is 2.66. The number of fused-ring (bicyclic) bond motifs is 1. The zero-order chi connectivity index (χ0) is 12.6. The van der Waals surface area contributed by atoms with Gasteiger partial charge in [-0.1, -0.05) is 13.8 Å². The number of nitrogens with zero attached hydrogens (tertiary/aromatic N) is 1. The van der Waals surface area contributed by atoms with Crippen LogP contribution >= 0.6 is 0 Å². The monoisotopic (exact) mass is 236 g/mol. The summed E-state index contributed by atoms with van der Waals surface area (Å²) in [5, 5.41) is 0. The first kappa shape index (κ1) is 11.3. The van der Waals surface area contributed by atoms with E-state index in [1.54, 1.807) is 0 Å². The minimum absolute atomic E-state index is 0.0982. The summed E-state index contributed by atoms with van der Waals surface area (Å²) in [6, 6.07) is 0. The maximum Gasteiger partial charge on any atom is 0.327 e. The fourth-order valence-corrected chi connectivity index (χ4v) is 1.53. The lowest BCUT2D eigenvalue weighted by Crippen LogP contribution is -2.21. The number of carbonyl (C=O) groups is 1. The van der Waals surface area contributed by atoms with Gasteiger partial charge in [-0.3, -0.25) is 19.6 Å². The molecule has 3 N–H and O–H groups in total. The van der Waals surface area contributed by atoms with E-state index in [2.05, 4.69) is 19.9 Å². The quantitative estimate of drug-likeness (QED) is 0.659. The molecule has 0 saturated carbocycles. The lowest BCUT2D eigenvalue weighted by Gasteiger charge is -1.99. The van der Waals surface area contributed by atoms with Crippen LogP contribution in [-0.4, -0.2) is 25.7 Å². The number of H-pyrrole nitrogens is 3. The van der Waals surface area contributed by atoms with Gasteiger partial charge in [0.2, 0.25) is 0 Å². The Morgan fingerprint density at radius 3 is 2.59 bits per heavy atom. The van der Waals surface area contributed by atoms with Gasteiger partial charge >= 0.3 is 5.69 Å². The molecule has 0 spiro atoms. The summed E-state index contributed by atoms with van der Waals surface area (Å²) in [4.78, 5) is 45.1. The highest BCUT2D eigenvalue weighted by atomic mass is 16.2. The topological polar surface area (TPSA) is 111 Å². The third kappa shape index (κ3) is 2.17. The van der Waals surface area contributed by atoms with Crippen molar-refractivity contribution in [1.82, 2.24) is 19.9 Å². The van der Waals surface area contributed by atoms with Crippen molar-refractivity contribution in [2.24, 2.45) is 5.92 Å². The average Bonchev–Trinajstić information content (AvgIpc) is 2.60. The molecule has 0 aliphatic rings. The van der Waals surface area contributed by atoms with Crippen LogP contribution in [0.1, 0.15) is 30.9 Å². The van der Waals surface area contributed by atoms with Crippen molar-refractivity contribution in [1.29, 1.82) is 0 Å². The summed E-state index contributed by atoms with van der Waals surface area (Å²) in [6.45, 7) is 3.82. The summed E-state index contributed by atoms with van der Waals surface area (Å²) in [5.41, 5.74) is -1.01. The van der Waals surface area contributed by atoms with E-state index in [0.717, 1.165) is 0 Å². The molecule has 17 heavy (non-hydrogen) atoms. The molecular formula is C10H12N4O3. The third-order valence-electron chi connectivity index (χ3n) is 2.25. The standard InChI is InChI=1S/C10H12N4O3/c1-4(2)3-5(15)7-11-6-8(12-7)13-10(17)14-9(6)16/h4H,3H2,1-2H3,(H3,11,12,13,14,16,17). The summed E-state index contributed by atoms with van der Waals surface area (Å²) in [7, 11) is 0. The van der Waals surface area contributed by atoms with Crippen LogP contribution in [0.2, 0.25) is 0 Å². The Balaban J connectivity index is 2.52. The van der Waals surface area contributed by atoms with E-state index < -0.39 is 11.2 Å². The second-order valence-corrected chi connectivity index (χ2v) is 4.24. The third-order valence-corrected chi connectivity index (χ3v) is 2.25. The van der Waals surface area contributed by atoms with Crippen LogP contribution in [0.25, 0.3) is 11.2 Å². The Morgan fingerprint density at radius 2 is 1.94 bits per heavy atom. The van der Waals surface area contributed by atoms with Gasteiger partial charge < -0.3 is 4.98 Å². The van der Waals surface area contributed by atoms with Crippen LogP contribution < -0.4 is 11.2 Å². The number of Topliss-reactive ketones (excluding diaryl/α,β-unsaturated/α-hetero) is 1. The van der Waals surface area contributed by atoms with E-state index in [-0.39, 0.29) is 28.7 Å². The zero-order valence-corrected chi connectivity index (χ0v) is 9.46. The maximum absolute atomic E-state index is 11.7. The number of hydrogen-bond acceptors (Lipinski definition) is 4. The Labute approximate surface area is 95.3 Å². The van der Waals surface area contributed by atoms with E-state index in [1.165, 1.54) is 0 Å². The first-order valence-electron chi connectivity index (χ1n) is 5.23. The molecule has 90 valence electrons. The van der Waals surface area contributed by atoms with Crippen LogP contribution in [-0.2, 0) is 0 Å². The van der Waals surface area contributed by atoms with Crippen molar-refractivity contribution in [2.45, 2.75) is 20.3 Å². The second kappa shape index (κ2) is 4.00. The molecule has 2 heterocycles. The van der Waals surface area contributed by atoms with E-state index in [4.69, 9.17) is 0 Å². The number of imidazole rings is 1. The van der Waals surface area contributed by atoms with Gasteiger partial charge in [-0.25, -0.2) is 9.78 Å². The fraction of sp³-hybridized carbons (Fsp3) is 0.400. The predicted molar refractivity (Wildman–Crippen MR) is 61.1 cm³/mol. The highest BCUT2D eigenvalue weighted by Crippen LogP contribution is 2.08. The first-order chi connectivity index (χ1) is 7.97. The molecule has 2 rings (SSSR count). The molecule has 0 fully saturated rings. The van der Waals surface area contributed by atoms with Gasteiger partial charge in [-0.2, -0.15) is 0 Å². The van der Waals surface area contributed by atoms with Crippen molar-refractivity contribution >= 4 is 16.9 Å².